The molecule has 58 valence electrons. The maximum Gasteiger partial charge on any atom is 0.150 e. The Morgan fingerprint density at radius 1 is 1.55 bits per heavy atom. The van der Waals surface area contributed by atoms with Crippen molar-refractivity contribution in [3.8, 4) is 5.75 Å². The molecule has 0 aliphatic heterocycles. The maximum absolute atomic E-state index is 10.3. The monoisotopic (exact) mass is 170 g/mol. The number of aromatic hydroxyl groups is 1. The van der Waals surface area contributed by atoms with E-state index in [1.807, 2.05) is 0 Å². The summed E-state index contributed by atoms with van der Waals surface area (Å²) in [7, 11) is 0. The van der Waals surface area contributed by atoms with Gasteiger partial charge in [-0.25, -0.2) is 0 Å². The molecule has 1 N–H and O–H groups in total. The zero-order valence-electron chi connectivity index (χ0n) is 5.97. The number of carbonyl (C=O) groups is 1. The van der Waals surface area contributed by atoms with E-state index in [9.17, 15) is 4.79 Å². The van der Waals surface area contributed by atoms with Crippen LogP contribution >= 0.6 is 11.6 Å². The number of hydrogen-bond acceptors (Lipinski definition) is 2. The zero-order valence-corrected chi connectivity index (χ0v) is 6.72. The minimum atomic E-state index is -0.0474. The van der Waals surface area contributed by atoms with Crippen LogP contribution in [0.2, 0.25) is 5.02 Å². The molecular formula is C8H7ClO2. The molecule has 0 aromatic heterocycles. The quantitative estimate of drug-likeness (QED) is 0.656. The van der Waals surface area contributed by atoms with Crippen molar-refractivity contribution in [1.82, 2.24) is 0 Å². The lowest BCUT2D eigenvalue weighted by atomic mass is 10.1. The van der Waals surface area contributed by atoms with Gasteiger partial charge in [0.25, 0.3) is 0 Å². The molecule has 11 heavy (non-hydrogen) atoms. The zero-order chi connectivity index (χ0) is 8.43. The molecular weight excluding hydrogens is 164 g/mol. The molecule has 0 saturated heterocycles. The van der Waals surface area contributed by atoms with Crippen LogP contribution < -0.4 is 0 Å². The van der Waals surface area contributed by atoms with Crippen molar-refractivity contribution in [3.05, 3.63) is 28.3 Å². The Labute approximate surface area is 69.4 Å². The van der Waals surface area contributed by atoms with Gasteiger partial charge in [-0.3, -0.25) is 4.79 Å². The van der Waals surface area contributed by atoms with E-state index in [1.165, 1.54) is 6.07 Å². The molecule has 0 radical (unpaired) electrons. The van der Waals surface area contributed by atoms with Gasteiger partial charge >= 0.3 is 0 Å². The van der Waals surface area contributed by atoms with Crippen LogP contribution in [0.5, 0.6) is 5.75 Å². The van der Waals surface area contributed by atoms with Gasteiger partial charge in [-0.05, 0) is 24.6 Å². The number of carbonyl (C=O) groups excluding carboxylic acids is 1. The molecule has 0 saturated carbocycles. The topological polar surface area (TPSA) is 37.3 Å². The second kappa shape index (κ2) is 2.93. The van der Waals surface area contributed by atoms with Crippen molar-refractivity contribution >= 4 is 17.9 Å². The van der Waals surface area contributed by atoms with Gasteiger partial charge in [0.05, 0.1) is 5.02 Å². The lowest BCUT2D eigenvalue weighted by Gasteiger charge is -2.00. The van der Waals surface area contributed by atoms with E-state index in [0.29, 0.717) is 22.4 Å². The minimum absolute atomic E-state index is 0.0474. The Kier molecular flexibility index (Phi) is 2.15. The van der Waals surface area contributed by atoms with Gasteiger partial charge in [-0.15, -0.1) is 0 Å². The van der Waals surface area contributed by atoms with Crippen molar-refractivity contribution in [1.29, 1.82) is 0 Å². The van der Waals surface area contributed by atoms with Crippen molar-refractivity contribution in [2.24, 2.45) is 0 Å². The average Bonchev–Trinajstić information content (AvgIpc) is 1.99. The number of phenols is 1. The van der Waals surface area contributed by atoms with Gasteiger partial charge in [0, 0.05) is 5.56 Å². The van der Waals surface area contributed by atoms with Crippen LogP contribution in [0.1, 0.15) is 15.9 Å². The van der Waals surface area contributed by atoms with Crippen LogP contribution in [0.15, 0.2) is 12.1 Å². The van der Waals surface area contributed by atoms with E-state index >= 15 is 0 Å². The van der Waals surface area contributed by atoms with Crippen molar-refractivity contribution in [3.63, 3.8) is 0 Å². The number of halogens is 1. The van der Waals surface area contributed by atoms with Gasteiger partial charge in [0.15, 0.2) is 0 Å². The largest absolute Gasteiger partial charge is 0.506 e. The number of aryl methyl sites for hydroxylation is 1. The number of hydrogen-bond donors (Lipinski definition) is 1. The first kappa shape index (κ1) is 8.08. The summed E-state index contributed by atoms with van der Waals surface area (Å²) in [5.41, 5.74) is 1.14. The number of aldehydes is 1. The molecule has 0 aliphatic rings. The lowest BCUT2D eigenvalue weighted by molar-refractivity contribution is 0.112. The van der Waals surface area contributed by atoms with Crippen LogP contribution in [-0.4, -0.2) is 11.4 Å². The Balaban J connectivity index is 3.31. The van der Waals surface area contributed by atoms with Crippen LogP contribution in [0.3, 0.4) is 0 Å². The molecule has 0 amide bonds. The predicted octanol–water partition coefficient (Wildman–Crippen LogP) is 2.17. The average molecular weight is 171 g/mol. The van der Waals surface area contributed by atoms with Crippen molar-refractivity contribution in [2.45, 2.75) is 6.92 Å². The van der Waals surface area contributed by atoms with Crippen LogP contribution in [-0.2, 0) is 0 Å². The maximum atomic E-state index is 10.3. The summed E-state index contributed by atoms with van der Waals surface area (Å²) in [6, 6.07) is 2.96. The fraction of sp³-hybridized carbons (Fsp3) is 0.125. The SMILES string of the molecule is Cc1cc(C=O)cc(O)c1Cl. The van der Waals surface area contributed by atoms with E-state index in [1.54, 1.807) is 13.0 Å². The van der Waals surface area contributed by atoms with Crippen LogP contribution in [0, 0.1) is 6.92 Å². The van der Waals surface area contributed by atoms with Crippen LogP contribution in [0.25, 0.3) is 0 Å². The molecule has 0 fully saturated rings. The van der Waals surface area contributed by atoms with Gasteiger partial charge < -0.3 is 5.11 Å². The first-order chi connectivity index (χ1) is 5.15. The number of phenolic OH excluding ortho intramolecular Hbond substituents is 1. The lowest BCUT2D eigenvalue weighted by Crippen LogP contribution is -1.83. The standard InChI is InChI=1S/C8H7ClO2/c1-5-2-6(4-10)3-7(11)8(5)9/h2-4,11H,1H3. The smallest absolute Gasteiger partial charge is 0.150 e. The summed E-state index contributed by atoms with van der Waals surface area (Å²) in [6.45, 7) is 1.73. The molecule has 1 aromatic carbocycles. The molecule has 0 unspecified atom stereocenters. The third kappa shape index (κ3) is 1.52. The molecule has 0 atom stereocenters. The highest BCUT2D eigenvalue weighted by Crippen LogP contribution is 2.27. The second-order valence-corrected chi connectivity index (χ2v) is 2.67. The van der Waals surface area contributed by atoms with Crippen molar-refractivity contribution < 1.29 is 9.90 Å². The van der Waals surface area contributed by atoms with Crippen molar-refractivity contribution in [2.75, 3.05) is 0 Å². The fourth-order valence-corrected chi connectivity index (χ4v) is 0.955. The first-order valence-corrected chi connectivity index (χ1v) is 3.47. The minimum Gasteiger partial charge on any atom is -0.506 e. The predicted molar refractivity (Wildman–Crippen MR) is 43.2 cm³/mol. The van der Waals surface area contributed by atoms with E-state index in [2.05, 4.69) is 0 Å². The Morgan fingerprint density at radius 2 is 2.18 bits per heavy atom. The number of rotatable bonds is 1. The summed E-state index contributed by atoms with van der Waals surface area (Å²) in [5, 5.41) is 9.42. The van der Waals surface area contributed by atoms with E-state index < -0.39 is 0 Å². The molecule has 0 bridgehead atoms. The number of benzene rings is 1. The molecule has 2 nitrogen and oxygen atoms in total. The molecule has 0 heterocycles. The second-order valence-electron chi connectivity index (χ2n) is 2.29. The summed E-state index contributed by atoms with van der Waals surface area (Å²) in [5.74, 6) is -0.0474. The van der Waals surface area contributed by atoms with Gasteiger partial charge in [0.2, 0.25) is 0 Å². The first-order valence-electron chi connectivity index (χ1n) is 3.09. The summed E-state index contributed by atoms with van der Waals surface area (Å²) >= 11 is 5.64. The third-order valence-corrected chi connectivity index (χ3v) is 1.89. The van der Waals surface area contributed by atoms with E-state index in [0.717, 1.165) is 0 Å². The normalized spacial score (nSPS) is 9.64. The summed E-state index contributed by atoms with van der Waals surface area (Å²) < 4.78 is 0. The summed E-state index contributed by atoms with van der Waals surface area (Å²) in [6.07, 6.45) is 0.670. The van der Waals surface area contributed by atoms with Crippen LogP contribution in [0.4, 0.5) is 0 Å². The fourth-order valence-electron chi connectivity index (χ4n) is 0.846. The van der Waals surface area contributed by atoms with Gasteiger partial charge in [0.1, 0.15) is 12.0 Å². The van der Waals surface area contributed by atoms with E-state index in [4.69, 9.17) is 16.7 Å². The van der Waals surface area contributed by atoms with E-state index in [-0.39, 0.29) is 5.75 Å². The third-order valence-electron chi connectivity index (χ3n) is 1.39. The highest BCUT2D eigenvalue weighted by atomic mass is 35.5. The van der Waals surface area contributed by atoms with Gasteiger partial charge in [-0.2, -0.15) is 0 Å². The Hall–Kier alpha value is -1.02. The molecule has 3 heteroatoms. The highest BCUT2D eigenvalue weighted by Gasteiger charge is 2.03. The Bertz CT molecular complexity index is 271. The molecule has 0 aliphatic carbocycles. The Morgan fingerprint density at radius 3 is 2.64 bits per heavy atom. The molecule has 0 spiro atoms. The molecule has 1 rings (SSSR count). The molecule has 1 aromatic rings. The van der Waals surface area contributed by atoms with Gasteiger partial charge in [-0.1, -0.05) is 11.6 Å². The highest BCUT2D eigenvalue weighted by molar-refractivity contribution is 6.32. The summed E-state index contributed by atoms with van der Waals surface area (Å²) in [4.78, 5) is 10.3.